The largest absolute Gasteiger partial charge is 0.465 e. The van der Waals surface area contributed by atoms with Crippen molar-refractivity contribution in [2.45, 2.75) is 105 Å². The van der Waals surface area contributed by atoms with E-state index in [-0.39, 0.29) is 17.4 Å². The summed E-state index contributed by atoms with van der Waals surface area (Å²) in [6.07, 6.45) is 10.9. The minimum Gasteiger partial charge on any atom is -0.465 e. The second kappa shape index (κ2) is 15.2. The summed E-state index contributed by atoms with van der Waals surface area (Å²) < 4.78 is 11.1. The van der Waals surface area contributed by atoms with Crippen LogP contribution in [0.1, 0.15) is 105 Å². The van der Waals surface area contributed by atoms with E-state index in [0.717, 1.165) is 64.2 Å². The number of carbonyl (C=O) groups is 2. The van der Waals surface area contributed by atoms with Gasteiger partial charge < -0.3 is 9.47 Å². The summed E-state index contributed by atoms with van der Waals surface area (Å²) in [5.41, 5.74) is -0.239. The van der Waals surface area contributed by atoms with Crippen molar-refractivity contribution in [1.29, 1.82) is 0 Å². The molecule has 0 spiro atoms. The second-order valence-electron chi connectivity index (χ2n) is 7.19. The number of unbranched alkanes of at least 4 members (excludes halogenated alkanes) is 5. The molecule has 148 valence electrons. The molecule has 0 fully saturated rings. The third-order valence-corrected chi connectivity index (χ3v) is 4.86. The van der Waals surface area contributed by atoms with Crippen LogP contribution >= 0.6 is 0 Å². The van der Waals surface area contributed by atoms with Gasteiger partial charge in [0.25, 0.3) is 0 Å². The lowest BCUT2D eigenvalue weighted by atomic mass is 9.81. The predicted octanol–water partition coefficient (Wildman–Crippen LogP) is 5.82. The highest BCUT2D eigenvalue weighted by Crippen LogP contribution is 2.30. The van der Waals surface area contributed by atoms with E-state index in [9.17, 15) is 9.59 Å². The number of carbonyl (C=O) groups excluding carboxylic acids is 2. The number of hydrogen-bond donors (Lipinski definition) is 0. The maximum absolute atomic E-state index is 11.9. The molecule has 0 aliphatic carbocycles. The molecule has 0 aromatic carbocycles. The topological polar surface area (TPSA) is 52.6 Å². The Labute approximate surface area is 155 Å². The van der Waals surface area contributed by atoms with Crippen molar-refractivity contribution in [2.24, 2.45) is 5.41 Å². The molecule has 0 radical (unpaired) electrons. The van der Waals surface area contributed by atoms with Crippen molar-refractivity contribution >= 4 is 11.9 Å². The number of ether oxygens (including phenoxy) is 2. The number of hydrogen-bond acceptors (Lipinski definition) is 4. The highest BCUT2D eigenvalue weighted by Gasteiger charge is 2.31. The Morgan fingerprint density at radius 2 is 1.12 bits per heavy atom. The van der Waals surface area contributed by atoms with Gasteiger partial charge in [-0.1, -0.05) is 66.2 Å². The Kier molecular flexibility index (Phi) is 14.6. The molecule has 0 unspecified atom stereocenters. The van der Waals surface area contributed by atoms with E-state index >= 15 is 0 Å². The van der Waals surface area contributed by atoms with E-state index in [1.54, 1.807) is 0 Å². The van der Waals surface area contributed by atoms with Gasteiger partial charge in [0.1, 0.15) is 13.2 Å². The van der Waals surface area contributed by atoms with E-state index in [1.165, 1.54) is 0 Å². The Morgan fingerprint density at radius 1 is 0.680 bits per heavy atom. The molecule has 0 amide bonds. The summed E-state index contributed by atoms with van der Waals surface area (Å²) >= 11 is 0. The smallest absolute Gasteiger partial charge is 0.305 e. The molecule has 25 heavy (non-hydrogen) atoms. The molecule has 0 atom stereocenters. The zero-order valence-electron chi connectivity index (χ0n) is 17.0. The summed E-state index contributed by atoms with van der Waals surface area (Å²) in [6.45, 7) is 9.19. The average molecular weight is 357 g/mol. The van der Waals surface area contributed by atoms with Gasteiger partial charge in [0.2, 0.25) is 0 Å². The highest BCUT2D eigenvalue weighted by atomic mass is 16.5. The molecule has 4 nitrogen and oxygen atoms in total. The van der Waals surface area contributed by atoms with Crippen LogP contribution in [0.2, 0.25) is 0 Å². The normalized spacial score (nSPS) is 11.4. The summed E-state index contributed by atoms with van der Waals surface area (Å²) in [7, 11) is 0. The third kappa shape index (κ3) is 12.0. The average Bonchev–Trinajstić information content (AvgIpc) is 2.62. The van der Waals surface area contributed by atoms with Gasteiger partial charge in [-0.15, -0.1) is 0 Å². The van der Waals surface area contributed by atoms with Gasteiger partial charge in [0.05, 0.1) is 0 Å². The van der Waals surface area contributed by atoms with E-state index in [4.69, 9.17) is 9.47 Å². The van der Waals surface area contributed by atoms with E-state index < -0.39 is 0 Å². The highest BCUT2D eigenvalue weighted by molar-refractivity contribution is 5.69. The molecular weight excluding hydrogens is 316 g/mol. The molecule has 0 aliphatic heterocycles. The van der Waals surface area contributed by atoms with Crippen LogP contribution in [-0.2, 0) is 19.1 Å². The van der Waals surface area contributed by atoms with Crippen LogP contribution in [0.5, 0.6) is 0 Å². The van der Waals surface area contributed by atoms with Gasteiger partial charge in [-0.2, -0.15) is 0 Å². The molecule has 0 N–H and O–H groups in total. The zero-order valence-corrected chi connectivity index (χ0v) is 17.0. The van der Waals surface area contributed by atoms with E-state index in [0.29, 0.717) is 26.1 Å². The van der Waals surface area contributed by atoms with Crippen molar-refractivity contribution in [1.82, 2.24) is 0 Å². The molecule has 0 saturated heterocycles. The van der Waals surface area contributed by atoms with Gasteiger partial charge in [-0.05, 0) is 25.7 Å². The first-order valence-electron chi connectivity index (χ1n) is 10.3. The Morgan fingerprint density at radius 3 is 1.48 bits per heavy atom. The van der Waals surface area contributed by atoms with Gasteiger partial charge in [0, 0.05) is 18.3 Å². The van der Waals surface area contributed by atoms with Gasteiger partial charge in [0.15, 0.2) is 0 Å². The number of rotatable bonds is 16. The molecule has 4 heteroatoms. The van der Waals surface area contributed by atoms with E-state index in [1.807, 2.05) is 0 Å². The lowest BCUT2D eigenvalue weighted by molar-refractivity contribution is -0.155. The van der Waals surface area contributed by atoms with Crippen molar-refractivity contribution in [2.75, 3.05) is 13.2 Å². The Hall–Kier alpha value is -1.06. The first kappa shape index (κ1) is 23.9. The van der Waals surface area contributed by atoms with Crippen molar-refractivity contribution < 1.29 is 19.1 Å². The third-order valence-electron chi connectivity index (χ3n) is 4.86. The first-order chi connectivity index (χ1) is 12.0. The van der Waals surface area contributed by atoms with Crippen LogP contribution in [0.4, 0.5) is 0 Å². The Bertz CT molecular complexity index is 326. The monoisotopic (exact) mass is 356 g/mol. The molecule has 0 aromatic rings. The van der Waals surface area contributed by atoms with Crippen molar-refractivity contribution in [3.8, 4) is 0 Å². The summed E-state index contributed by atoms with van der Waals surface area (Å²) in [4.78, 5) is 23.9. The molecule has 0 rings (SSSR count). The summed E-state index contributed by atoms with van der Waals surface area (Å²) in [5, 5.41) is 0. The van der Waals surface area contributed by atoms with Crippen LogP contribution in [-0.4, -0.2) is 25.2 Å². The van der Waals surface area contributed by atoms with E-state index in [2.05, 4.69) is 27.7 Å². The fourth-order valence-corrected chi connectivity index (χ4v) is 2.77. The van der Waals surface area contributed by atoms with Gasteiger partial charge >= 0.3 is 11.9 Å². The molecule has 0 saturated carbocycles. The zero-order chi connectivity index (χ0) is 19.0. The maximum atomic E-state index is 11.9. The SMILES string of the molecule is CCCCCC(=O)OCC(CC)(CCCC)COC(=O)CCCCC. The fourth-order valence-electron chi connectivity index (χ4n) is 2.77. The molecule has 0 heterocycles. The second-order valence-corrected chi connectivity index (χ2v) is 7.19. The van der Waals surface area contributed by atoms with Gasteiger partial charge in [-0.3, -0.25) is 9.59 Å². The standard InChI is InChI=1S/C21H40O4/c1-5-9-12-14-19(22)24-17-21(8-4,16-11-7-3)18-25-20(23)15-13-10-6-2/h5-18H2,1-4H3. The lowest BCUT2D eigenvalue weighted by Crippen LogP contribution is -2.34. The molecule has 0 bridgehead atoms. The quantitative estimate of drug-likeness (QED) is 0.258. The minimum atomic E-state index is -0.239. The lowest BCUT2D eigenvalue weighted by Gasteiger charge is -2.31. The predicted molar refractivity (Wildman–Crippen MR) is 102 cm³/mol. The summed E-state index contributed by atoms with van der Waals surface area (Å²) in [6, 6.07) is 0. The van der Waals surface area contributed by atoms with Crippen LogP contribution < -0.4 is 0 Å². The number of esters is 2. The van der Waals surface area contributed by atoms with Crippen LogP contribution in [0.15, 0.2) is 0 Å². The maximum Gasteiger partial charge on any atom is 0.305 e. The summed E-state index contributed by atoms with van der Waals surface area (Å²) in [5.74, 6) is -0.255. The molecule has 0 aliphatic rings. The van der Waals surface area contributed by atoms with Gasteiger partial charge in [-0.25, -0.2) is 0 Å². The van der Waals surface area contributed by atoms with Crippen LogP contribution in [0.25, 0.3) is 0 Å². The molecule has 0 aromatic heterocycles. The van der Waals surface area contributed by atoms with Crippen LogP contribution in [0.3, 0.4) is 0 Å². The Balaban J connectivity index is 4.49. The fraction of sp³-hybridized carbons (Fsp3) is 0.905. The minimum absolute atomic E-state index is 0.128. The van der Waals surface area contributed by atoms with Crippen molar-refractivity contribution in [3.63, 3.8) is 0 Å². The first-order valence-corrected chi connectivity index (χ1v) is 10.3. The van der Waals surface area contributed by atoms with Crippen molar-refractivity contribution in [3.05, 3.63) is 0 Å². The van der Waals surface area contributed by atoms with Crippen LogP contribution in [0, 0.1) is 5.41 Å². The molecular formula is C21H40O4.